The molecule has 0 saturated heterocycles. The number of ether oxygens (including phenoxy) is 1. The number of nitrogens with zero attached hydrogens (tertiary/aromatic N) is 1. The number of rotatable bonds is 3. The van der Waals surface area contributed by atoms with Crippen LogP contribution in [0.25, 0.3) is 10.9 Å². The summed E-state index contributed by atoms with van der Waals surface area (Å²) in [5.74, 6) is 0.501. The first kappa shape index (κ1) is 18.2. The molecule has 0 amide bonds. The van der Waals surface area contributed by atoms with Gasteiger partial charge in [0.15, 0.2) is 0 Å². The van der Waals surface area contributed by atoms with Crippen LogP contribution in [0.5, 0.6) is 0 Å². The summed E-state index contributed by atoms with van der Waals surface area (Å²) in [6.45, 7) is 5.57. The first-order chi connectivity index (χ1) is 11.8. The van der Waals surface area contributed by atoms with Gasteiger partial charge in [-0.2, -0.15) is 0 Å². The molecule has 1 fully saturated rings. The van der Waals surface area contributed by atoms with E-state index in [1.54, 1.807) is 10.8 Å². The quantitative estimate of drug-likeness (QED) is 0.772. The Kier molecular flexibility index (Phi) is 5.32. The molecule has 0 N–H and O–H groups in total. The van der Waals surface area contributed by atoms with E-state index < -0.39 is 22.5 Å². The van der Waals surface area contributed by atoms with Crippen LogP contribution in [0, 0.1) is 0 Å². The Labute approximate surface area is 152 Å². The van der Waals surface area contributed by atoms with Crippen molar-refractivity contribution in [1.82, 2.24) is 4.57 Å². The van der Waals surface area contributed by atoms with Crippen molar-refractivity contribution < 1.29 is 13.7 Å². The summed E-state index contributed by atoms with van der Waals surface area (Å²) < 4.78 is 19.9. The highest BCUT2D eigenvalue weighted by atomic mass is 32.2. The third-order valence-corrected chi connectivity index (χ3v) is 6.42. The highest BCUT2D eigenvalue weighted by molar-refractivity contribution is 7.84. The summed E-state index contributed by atoms with van der Waals surface area (Å²) in [6, 6.07) is 7.76. The summed E-state index contributed by atoms with van der Waals surface area (Å²) in [4.78, 5) is 12.5. The monoisotopic (exact) mass is 361 g/mol. The lowest BCUT2D eigenvalue weighted by molar-refractivity contribution is 0.0544. The summed E-state index contributed by atoms with van der Waals surface area (Å²) in [5, 5.41) is 1.27. The normalized spacial score (nSPS) is 17.6. The molecule has 1 heterocycles. The van der Waals surface area contributed by atoms with Gasteiger partial charge in [0, 0.05) is 27.6 Å². The molecule has 3 rings (SSSR count). The zero-order valence-electron chi connectivity index (χ0n) is 15.3. The molecular formula is C20H27NO3S. The molecule has 1 aliphatic rings. The number of carbonyl (C=O) groups is 1. The fourth-order valence-electron chi connectivity index (χ4n) is 3.43. The van der Waals surface area contributed by atoms with Crippen LogP contribution in [0.2, 0.25) is 0 Å². The molecule has 1 unspecified atom stereocenters. The molecule has 0 bridgehead atoms. The van der Waals surface area contributed by atoms with Gasteiger partial charge in [-0.3, -0.25) is 8.78 Å². The average molecular weight is 362 g/mol. The Morgan fingerprint density at radius 1 is 1.20 bits per heavy atom. The van der Waals surface area contributed by atoms with Gasteiger partial charge in [0.1, 0.15) is 5.60 Å². The molecule has 136 valence electrons. The van der Waals surface area contributed by atoms with Crippen LogP contribution in [0.15, 0.2) is 30.5 Å². The maximum Gasteiger partial charge on any atom is 0.419 e. The second kappa shape index (κ2) is 7.32. The van der Waals surface area contributed by atoms with Crippen LogP contribution in [0.3, 0.4) is 0 Å². The minimum absolute atomic E-state index is 0.289. The Hall–Kier alpha value is -1.62. The number of fused-ring (bicyclic) bond motifs is 1. The van der Waals surface area contributed by atoms with Crippen molar-refractivity contribution in [1.29, 1.82) is 0 Å². The van der Waals surface area contributed by atoms with Gasteiger partial charge in [-0.25, -0.2) is 4.79 Å². The van der Waals surface area contributed by atoms with Gasteiger partial charge in [-0.15, -0.1) is 0 Å². The van der Waals surface area contributed by atoms with Crippen LogP contribution in [-0.2, 0) is 21.3 Å². The Balaban J connectivity index is 1.88. The highest BCUT2D eigenvalue weighted by Gasteiger charge is 2.24. The van der Waals surface area contributed by atoms with Crippen LogP contribution in [-0.4, -0.2) is 25.7 Å². The van der Waals surface area contributed by atoms with E-state index >= 15 is 0 Å². The van der Waals surface area contributed by atoms with E-state index in [2.05, 4.69) is 0 Å². The zero-order chi connectivity index (χ0) is 18.0. The molecule has 0 aliphatic heterocycles. The van der Waals surface area contributed by atoms with Crippen molar-refractivity contribution in [2.24, 2.45) is 0 Å². The molecule has 0 radical (unpaired) electrons. The van der Waals surface area contributed by atoms with E-state index in [0.717, 1.165) is 29.3 Å². The van der Waals surface area contributed by atoms with Crippen molar-refractivity contribution >= 4 is 27.8 Å². The van der Waals surface area contributed by atoms with E-state index in [4.69, 9.17) is 4.74 Å². The number of para-hydroxylation sites is 1. The third-order valence-electron chi connectivity index (χ3n) is 4.61. The molecule has 1 aromatic heterocycles. The van der Waals surface area contributed by atoms with E-state index in [9.17, 15) is 9.00 Å². The van der Waals surface area contributed by atoms with Crippen LogP contribution >= 0.6 is 0 Å². The lowest BCUT2D eigenvalue weighted by Crippen LogP contribution is -2.26. The van der Waals surface area contributed by atoms with Gasteiger partial charge in [0.2, 0.25) is 0 Å². The number of aromatic nitrogens is 1. The van der Waals surface area contributed by atoms with Crippen LogP contribution in [0.1, 0.15) is 58.4 Å². The Morgan fingerprint density at radius 3 is 2.56 bits per heavy atom. The molecule has 1 aliphatic carbocycles. The molecule has 1 atom stereocenters. The van der Waals surface area contributed by atoms with Gasteiger partial charge < -0.3 is 4.74 Å². The van der Waals surface area contributed by atoms with Crippen LogP contribution in [0.4, 0.5) is 4.79 Å². The predicted molar refractivity (Wildman–Crippen MR) is 102 cm³/mol. The van der Waals surface area contributed by atoms with Gasteiger partial charge in [-0.1, -0.05) is 37.5 Å². The Bertz CT molecular complexity index is 782. The van der Waals surface area contributed by atoms with Crippen molar-refractivity contribution in [3.05, 3.63) is 36.0 Å². The fourth-order valence-corrected chi connectivity index (χ4v) is 5.06. The van der Waals surface area contributed by atoms with E-state index in [1.807, 2.05) is 45.0 Å². The van der Waals surface area contributed by atoms with Crippen LogP contribution < -0.4 is 0 Å². The van der Waals surface area contributed by atoms with Crippen molar-refractivity contribution in [3.63, 3.8) is 0 Å². The molecule has 0 spiro atoms. The standard InChI is InChI=1S/C20H27NO3S/c1-20(2,3)24-19(22)21-13-15(17-11-7-8-12-18(17)21)14-25(23)16-9-5-4-6-10-16/h7-8,11-13,16H,4-6,9-10,14H2,1-3H3. The van der Waals surface area contributed by atoms with E-state index in [1.165, 1.54) is 19.3 Å². The first-order valence-corrected chi connectivity index (χ1v) is 10.4. The summed E-state index contributed by atoms with van der Waals surface area (Å²) in [7, 11) is -0.898. The summed E-state index contributed by atoms with van der Waals surface area (Å²) in [5.41, 5.74) is 1.23. The molecule has 1 aromatic carbocycles. The summed E-state index contributed by atoms with van der Waals surface area (Å²) in [6.07, 6.45) is 7.13. The first-order valence-electron chi connectivity index (χ1n) is 9.04. The van der Waals surface area contributed by atoms with Gasteiger partial charge >= 0.3 is 6.09 Å². The third kappa shape index (κ3) is 4.32. The molecule has 5 heteroatoms. The maximum absolute atomic E-state index is 12.8. The van der Waals surface area contributed by atoms with Gasteiger partial charge in [-0.05, 0) is 45.2 Å². The molecular weight excluding hydrogens is 334 g/mol. The SMILES string of the molecule is CC(C)(C)OC(=O)n1cc(CS(=O)C2CCCCC2)c2ccccc21. The predicted octanol–water partition coefficient (Wildman–Crippen LogP) is 5.01. The number of hydrogen-bond acceptors (Lipinski definition) is 3. The maximum atomic E-state index is 12.8. The molecule has 25 heavy (non-hydrogen) atoms. The minimum Gasteiger partial charge on any atom is -0.443 e. The topological polar surface area (TPSA) is 48.3 Å². The number of hydrogen-bond donors (Lipinski definition) is 0. The summed E-state index contributed by atoms with van der Waals surface area (Å²) >= 11 is 0. The Morgan fingerprint density at radius 2 is 1.88 bits per heavy atom. The molecule has 1 saturated carbocycles. The second-order valence-electron chi connectivity index (χ2n) is 7.81. The average Bonchev–Trinajstić information content (AvgIpc) is 2.93. The lowest BCUT2D eigenvalue weighted by Gasteiger charge is -2.20. The highest BCUT2D eigenvalue weighted by Crippen LogP contribution is 2.28. The smallest absolute Gasteiger partial charge is 0.419 e. The second-order valence-corrected chi connectivity index (χ2v) is 9.52. The lowest BCUT2D eigenvalue weighted by atomic mass is 10.0. The number of carbonyl (C=O) groups excluding carboxylic acids is 1. The zero-order valence-corrected chi connectivity index (χ0v) is 16.1. The number of benzene rings is 1. The molecule has 4 nitrogen and oxygen atoms in total. The minimum atomic E-state index is -0.898. The fraction of sp³-hybridized carbons (Fsp3) is 0.550. The van der Waals surface area contributed by atoms with Crippen molar-refractivity contribution in [2.45, 2.75) is 69.5 Å². The molecule has 2 aromatic rings. The van der Waals surface area contributed by atoms with Crippen molar-refractivity contribution in [2.75, 3.05) is 0 Å². The van der Waals surface area contributed by atoms with E-state index in [-0.39, 0.29) is 5.25 Å². The van der Waals surface area contributed by atoms with Gasteiger partial charge in [0.25, 0.3) is 0 Å². The largest absolute Gasteiger partial charge is 0.443 e. The van der Waals surface area contributed by atoms with Gasteiger partial charge in [0.05, 0.1) is 11.3 Å². The van der Waals surface area contributed by atoms with Crippen molar-refractivity contribution in [3.8, 4) is 0 Å². The van der Waals surface area contributed by atoms with E-state index in [0.29, 0.717) is 5.75 Å².